The van der Waals surface area contributed by atoms with Gasteiger partial charge in [-0.1, -0.05) is 66.4 Å². The first-order chi connectivity index (χ1) is 14.3. The zero-order chi connectivity index (χ0) is 19.5. The van der Waals surface area contributed by atoms with E-state index in [2.05, 4.69) is 94.6 Å². The van der Waals surface area contributed by atoms with Crippen LogP contribution in [0.3, 0.4) is 0 Å². The van der Waals surface area contributed by atoms with E-state index in [1.165, 1.54) is 39.3 Å². The molecule has 1 aliphatic rings. The number of nitrogens with zero attached hydrogens (tertiary/aromatic N) is 2. The molecule has 1 aromatic heterocycles. The van der Waals surface area contributed by atoms with Crippen molar-refractivity contribution in [3.8, 4) is 0 Å². The van der Waals surface area contributed by atoms with Crippen molar-refractivity contribution in [2.24, 2.45) is 0 Å². The van der Waals surface area contributed by atoms with Gasteiger partial charge in [0.05, 0.1) is 6.33 Å². The van der Waals surface area contributed by atoms with Crippen LogP contribution in [0.5, 0.6) is 0 Å². The lowest BCUT2D eigenvalue weighted by atomic mass is 9.66. The summed E-state index contributed by atoms with van der Waals surface area (Å²) < 4.78 is 2.23. The molecule has 1 unspecified atom stereocenters. The average molecular weight is 397 g/mol. The molecule has 5 rings (SSSR count). The van der Waals surface area contributed by atoms with E-state index >= 15 is 0 Å². The molecule has 0 saturated carbocycles. The van der Waals surface area contributed by atoms with Crippen molar-refractivity contribution in [1.82, 2.24) is 9.55 Å². The first-order valence-electron chi connectivity index (χ1n) is 10.2. The number of hydrogen-bond acceptors (Lipinski definition) is 2. The van der Waals surface area contributed by atoms with Crippen LogP contribution < -0.4 is 0 Å². The molecule has 2 nitrogen and oxygen atoms in total. The molecule has 0 aliphatic heterocycles. The Balaban J connectivity index is 1.54. The fraction of sp³-hybridized carbons (Fsp3) is 0.192. The van der Waals surface area contributed by atoms with E-state index in [0.717, 1.165) is 13.0 Å². The molecule has 1 atom stereocenters. The highest BCUT2D eigenvalue weighted by atomic mass is 32.2. The Morgan fingerprint density at radius 2 is 1.62 bits per heavy atom. The summed E-state index contributed by atoms with van der Waals surface area (Å²) in [5, 5.41) is 0. The van der Waals surface area contributed by atoms with Gasteiger partial charge in [0.25, 0.3) is 0 Å². The minimum atomic E-state index is -0.00845. The van der Waals surface area contributed by atoms with Crippen LogP contribution in [0.1, 0.15) is 29.5 Å². The maximum Gasteiger partial charge on any atom is 0.0946 e. The normalized spacial score (nSPS) is 18.3. The summed E-state index contributed by atoms with van der Waals surface area (Å²) in [6, 6.07) is 28.8. The van der Waals surface area contributed by atoms with Crippen molar-refractivity contribution in [2.75, 3.05) is 0 Å². The van der Waals surface area contributed by atoms with Gasteiger partial charge in [-0.15, -0.1) is 0 Å². The van der Waals surface area contributed by atoms with Crippen molar-refractivity contribution in [3.05, 3.63) is 114 Å². The van der Waals surface area contributed by atoms with Gasteiger partial charge >= 0.3 is 0 Å². The third-order valence-electron chi connectivity index (χ3n) is 5.98. The standard InChI is InChI=1S/C26H24N2S/c1-2-9-23(10-3-1)29-24-14-12-22(13-15-24)26(19-28-18-17-27-20-28)16-6-8-21-7-4-5-11-25(21)26/h1-5,7,9-15,17-18,20H,6,8,16,19H2. The molecular formula is C26H24N2S. The van der Waals surface area contributed by atoms with Crippen LogP contribution in [0.25, 0.3) is 0 Å². The van der Waals surface area contributed by atoms with Gasteiger partial charge in [-0.25, -0.2) is 4.98 Å². The lowest BCUT2D eigenvalue weighted by Crippen LogP contribution is -2.36. The van der Waals surface area contributed by atoms with E-state index in [0.29, 0.717) is 0 Å². The molecule has 0 saturated heterocycles. The molecule has 0 fully saturated rings. The third-order valence-corrected chi connectivity index (χ3v) is 7.00. The van der Waals surface area contributed by atoms with Crippen molar-refractivity contribution >= 4 is 11.8 Å². The number of hydrogen-bond donors (Lipinski definition) is 0. The summed E-state index contributed by atoms with van der Waals surface area (Å²) in [4.78, 5) is 6.84. The highest BCUT2D eigenvalue weighted by molar-refractivity contribution is 7.99. The van der Waals surface area contributed by atoms with Crippen molar-refractivity contribution in [3.63, 3.8) is 0 Å². The molecule has 144 valence electrons. The summed E-state index contributed by atoms with van der Waals surface area (Å²) in [6.07, 6.45) is 9.45. The quantitative estimate of drug-likeness (QED) is 0.391. The van der Waals surface area contributed by atoms with E-state index in [4.69, 9.17) is 0 Å². The maximum absolute atomic E-state index is 4.29. The zero-order valence-corrected chi connectivity index (χ0v) is 17.2. The van der Waals surface area contributed by atoms with Gasteiger partial charge in [0, 0.05) is 34.1 Å². The summed E-state index contributed by atoms with van der Waals surface area (Å²) in [5.74, 6) is 0. The molecule has 3 heteroatoms. The van der Waals surface area contributed by atoms with Crippen molar-refractivity contribution < 1.29 is 0 Å². The van der Waals surface area contributed by atoms with Gasteiger partial charge < -0.3 is 4.57 Å². The van der Waals surface area contributed by atoms with Gasteiger partial charge in [-0.2, -0.15) is 0 Å². The molecule has 1 heterocycles. The third kappa shape index (κ3) is 3.63. The van der Waals surface area contributed by atoms with E-state index in [1.54, 1.807) is 0 Å². The van der Waals surface area contributed by atoms with E-state index in [9.17, 15) is 0 Å². The molecule has 0 spiro atoms. The molecule has 0 bridgehead atoms. The van der Waals surface area contributed by atoms with Gasteiger partial charge in [0.2, 0.25) is 0 Å². The number of fused-ring (bicyclic) bond motifs is 1. The lowest BCUT2D eigenvalue weighted by molar-refractivity contribution is 0.369. The fourth-order valence-electron chi connectivity index (χ4n) is 4.63. The monoisotopic (exact) mass is 396 g/mol. The number of benzene rings is 3. The molecule has 29 heavy (non-hydrogen) atoms. The number of rotatable bonds is 5. The topological polar surface area (TPSA) is 17.8 Å². The van der Waals surface area contributed by atoms with Gasteiger partial charge in [-0.3, -0.25) is 0 Å². The molecular weight excluding hydrogens is 372 g/mol. The number of aromatic nitrogens is 2. The second-order valence-electron chi connectivity index (χ2n) is 7.77. The summed E-state index contributed by atoms with van der Waals surface area (Å²) in [6.45, 7) is 0.926. The van der Waals surface area contributed by atoms with Gasteiger partial charge in [0.15, 0.2) is 0 Å². The molecule has 0 radical (unpaired) electrons. The summed E-state index contributed by atoms with van der Waals surface area (Å²) >= 11 is 1.82. The Morgan fingerprint density at radius 1 is 0.862 bits per heavy atom. The van der Waals surface area contributed by atoms with E-state index in [-0.39, 0.29) is 5.41 Å². The minimum Gasteiger partial charge on any atom is -0.336 e. The highest BCUT2D eigenvalue weighted by Gasteiger charge is 2.38. The first-order valence-corrected chi connectivity index (χ1v) is 11.0. The Kier molecular flexibility index (Phi) is 4.99. The first kappa shape index (κ1) is 18.3. The van der Waals surface area contributed by atoms with Gasteiger partial charge in [0.1, 0.15) is 0 Å². The Morgan fingerprint density at radius 3 is 2.41 bits per heavy atom. The number of imidazole rings is 1. The maximum atomic E-state index is 4.29. The van der Waals surface area contributed by atoms with Crippen LogP contribution in [0.15, 0.2) is 107 Å². The Labute approximate surface area is 176 Å². The largest absolute Gasteiger partial charge is 0.336 e. The lowest BCUT2D eigenvalue weighted by Gasteiger charge is -2.40. The van der Waals surface area contributed by atoms with Gasteiger partial charge in [-0.05, 0) is 60.2 Å². The summed E-state index contributed by atoms with van der Waals surface area (Å²) in [7, 11) is 0. The molecule has 0 amide bonds. The number of aryl methyl sites for hydroxylation is 1. The van der Waals surface area contributed by atoms with Crippen LogP contribution in [0.4, 0.5) is 0 Å². The zero-order valence-electron chi connectivity index (χ0n) is 16.4. The van der Waals surface area contributed by atoms with E-state index in [1.807, 2.05) is 24.3 Å². The second-order valence-corrected chi connectivity index (χ2v) is 8.91. The Hall–Kier alpha value is -2.78. The van der Waals surface area contributed by atoms with Crippen LogP contribution in [-0.2, 0) is 18.4 Å². The van der Waals surface area contributed by atoms with Crippen LogP contribution in [0.2, 0.25) is 0 Å². The SMILES string of the molecule is c1ccc(Sc2ccc(C3(Cn4ccnc4)CCCc4ccccc43)cc2)cc1. The molecule has 1 aliphatic carbocycles. The van der Waals surface area contributed by atoms with Crippen molar-refractivity contribution in [2.45, 2.75) is 41.0 Å². The molecule has 4 aromatic rings. The van der Waals surface area contributed by atoms with Crippen LogP contribution in [-0.4, -0.2) is 9.55 Å². The highest BCUT2D eigenvalue weighted by Crippen LogP contribution is 2.44. The van der Waals surface area contributed by atoms with Crippen LogP contribution in [0, 0.1) is 0 Å². The molecule has 3 aromatic carbocycles. The average Bonchev–Trinajstić information content (AvgIpc) is 3.28. The van der Waals surface area contributed by atoms with Crippen molar-refractivity contribution in [1.29, 1.82) is 0 Å². The second kappa shape index (κ2) is 7.92. The predicted molar refractivity (Wildman–Crippen MR) is 119 cm³/mol. The summed E-state index contributed by atoms with van der Waals surface area (Å²) in [5.41, 5.74) is 4.35. The Bertz CT molecular complexity index is 1070. The fourth-order valence-corrected chi connectivity index (χ4v) is 5.47. The molecule has 0 N–H and O–H groups in total. The minimum absolute atomic E-state index is 0.00845. The predicted octanol–water partition coefficient (Wildman–Crippen LogP) is 6.36. The van der Waals surface area contributed by atoms with Crippen LogP contribution >= 0.6 is 11.8 Å². The smallest absolute Gasteiger partial charge is 0.0946 e. The van der Waals surface area contributed by atoms with E-state index < -0.39 is 0 Å².